The molecule has 4 rings (SSSR count). The Morgan fingerprint density at radius 1 is 1.24 bits per heavy atom. The number of nitrogens with one attached hydrogen (secondary N) is 1. The zero-order valence-electron chi connectivity index (χ0n) is 12.4. The minimum absolute atomic E-state index is 0.585. The summed E-state index contributed by atoms with van der Waals surface area (Å²) in [5.41, 5.74) is 2.30. The molecule has 0 radical (unpaired) electrons. The topological polar surface area (TPSA) is 46.0 Å². The van der Waals surface area contributed by atoms with E-state index in [1.54, 1.807) is 6.33 Å². The average Bonchev–Trinajstić information content (AvgIpc) is 3.18. The van der Waals surface area contributed by atoms with E-state index in [2.05, 4.69) is 44.7 Å². The monoisotopic (exact) mass is 283 g/mol. The summed E-state index contributed by atoms with van der Waals surface area (Å²) in [4.78, 5) is 2.63. The summed E-state index contributed by atoms with van der Waals surface area (Å²) in [7, 11) is 1.98. The Labute approximate surface area is 125 Å². The third-order valence-electron chi connectivity index (χ3n) is 4.79. The third-order valence-corrected chi connectivity index (χ3v) is 4.79. The van der Waals surface area contributed by atoms with E-state index in [0.29, 0.717) is 6.04 Å². The third kappa shape index (κ3) is 2.31. The van der Waals surface area contributed by atoms with E-state index >= 15 is 0 Å². The van der Waals surface area contributed by atoms with E-state index in [9.17, 15) is 0 Å². The maximum absolute atomic E-state index is 4.19. The zero-order valence-corrected chi connectivity index (χ0v) is 12.4. The molecule has 5 heteroatoms. The molecule has 2 aromatic rings. The molecule has 21 heavy (non-hydrogen) atoms. The van der Waals surface area contributed by atoms with Crippen LogP contribution in [0.1, 0.15) is 19.3 Å². The van der Waals surface area contributed by atoms with Crippen molar-refractivity contribution in [3.63, 3.8) is 0 Å². The van der Waals surface area contributed by atoms with Gasteiger partial charge in [-0.1, -0.05) is 12.1 Å². The fraction of sp³-hybridized carbons (Fsp3) is 0.500. The van der Waals surface area contributed by atoms with Crippen molar-refractivity contribution in [2.45, 2.75) is 31.3 Å². The molecule has 0 saturated carbocycles. The van der Waals surface area contributed by atoms with E-state index in [-0.39, 0.29) is 0 Å². The first-order chi connectivity index (χ1) is 10.3. The minimum atomic E-state index is 0.585. The van der Waals surface area contributed by atoms with Crippen molar-refractivity contribution < 1.29 is 0 Å². The summed E-state index contributed by atoms with van der Waals surface area (Å²) in [5, 5.41) is 11.9. The first-order valence-electron chi connectivity index (χ1n) is 7.76. The SMILES string of the molecule is Cn1cnnc1-c1cccc(NC2CCN3CCCC23)c1. The predicted octanol–water partition coefficient (Wildman–Crippen LogP) is 2.13. The molecule has 2 aliphatic rings. The Kier molecular flexibility index (Phi) is 3.15. The lowest BCUT2D eigenvalue weighted by Crippen LogP contribution is -2.33. The second-order valence-electron chi connectivity index (χ2n) is 6.13. The van der Waals surface area contributed by atoms with Gasteiger partial charge in [0.15, 0.2) is 5.82 Å². The second kappa shape index (κ2) is 5.15. The minimum Gasteiger partial charge on any atom is -0.381 e. The lowest BCUT2D eigenvalue weighted by Gasteiger charge is -2.22. The average molecular weight is 283 g/mol. The second-order valence-corrected chi connectivity index (χ2v) is 6.13. The molecule has 0 amide bonds. The van der Waals surface area contributed by atoms with Crippen molar-refractivity contribution in [2.24, 2.45) is 7.05 Å². The van der Waals surface area contributed by atoms with Gasteiger partial charge in [0.25, 0.3) is 0 Å². The molecule has 2 aliphatic heterocycles. The fourth-order valence-electron chi connectivity index (χ4n) is 3.76. The molecule has 2 saturated heterocycles. The molecule has 110 valence electrons. The van der Waals surface area contributed by atoms with Crippen LogP contribution in [0.15, 0.2) is 30.6 Å². The number of anilines is 1. The molecule has 3 heterocycles. The molecule has 2 fully saturated rings. The maximum Gasteiger partial charge on any atom is 0.163 e. The molecule has 1 N–H and O–H groups in total. The van der Waals surface area contributed by atoms with Crippen molar-refractivity contribution >= 4 is 5.69 Å². The molecule has 0 aliphatic carbocycles. The van der Waals surface area contributed by atoms with Crippen LogP contribution in [-0.4, -0.2) is 44.8 Å². The van der Waals surface area contributed by atoms with Crippen molar-refractivity contribution in [1.82, 2.24) is 19.7 Å². The molecular weight excluding hydrogens is 262 g/mol. The standard InChI is InChI=1S/C16H21N5/c1-20-11-17-19-16(20)12-4-2-5-13(10-12)18-14-7-9-21-8-3-6-15(14)21/h2,4-5,10-11,14-15,18H,3,6-9H2,1H3. The summed E-state index contributed by atoms with van der Waals surface area (Å²) >= 11 is 0. The van der Waals surface area contributed by atoms with Gasteiger partial charge in [0.2, 0.25) is 0 Å². The molecule has 5 nitrogen and oxygen atoms in total. The highest BCUT2D eigenvalue weighted by Crippen LogP contribution is 2.30. The van der Waals surface area contributed by atoms with Gasteiger partial charge in [-0.2, -0.15) is 0 Å². The van der Waals surface area contributed by atoms with E-state index in [1.807, 2.05) is 11.6 Å². The Morgan fingerprint density at radius 3 is 3.05 bits per heavy atom. The molecule has 1 aromatic carbocycles. The van der Waals surface area contributed by atoms with Crippen LogP contribution < -0.4 is 5.32 Å². The van der Waals surface area contributed by atoms with Gasteiger partial charge >= 0.3 is 0 Å². The summed E-state index contributed by atoms with van der Waals surface area (Å²) in [5.74, 6) is 0.910. The van der Waals surface area contributed by atoms with Crippen LogP contribution in [-0.2, 0) is 7.05 Å². The van der Waals surface area contributed by atoms with Crippen LogP contribution in [0.25, 0.3) is 11.4 Å². The Hall–Kier alpha value is -1.88. The number of hydrogen-bond acceptors (Lipinski definition) is 4. The molecule has 0 bridgehead atoms. The number of fused-ring (bicyclic) bond motifs is 1. The lowest BCUT2D eigenvalue weighted by molar-refractivity contribution is 0.318. The van der Waals surface area contributed by atoms with Crippen LogP contribution in [0.4, 0.5) is 5.69 Å². The molecule has 0 spiro atoms. The van der Waals surface area contributed by atoms with Crippen LogP contribution in [0.3, 0.4) is 0 Å². The molecular formula is C16H21N5. The van der Waals surface area contributed by atoms with Crippen molar-refractivity contribution in [3.05, 3.63) is 30.6 Å². The smallest absolute Gasteiger partial charge is 0.163 e. The van der Waals surface area contributed by atoms with Crippen molar-refractivity contribution in [2.75, 3.05) is 18.4 Å². The van der Waals surface area contributed by atoms with E-state index < -0.39 is 0 Å². The number of nitrogens with zero attached hydrogens (tertiary/aromatic N) is 4. The van der Waals surface area contributed by atoms with Gasteiger partial charge in [-0.15, -0.1) is 10.2 Å². The highest BCUT2D eigenvalue weighted by Gasteiger charge is 2.36. The van der Waals surface area contributed by atoms with Crippen LogP contribution in [0.2, 0.25) is 0 Å². The summed E-state index contributed by atoms with van der Waals surface area (Å²) in [6, 6.07) is 9.82. The highest BCUT2D eigenvalue weighted by molar-refractivity contribution is 5.62. The predicted molar refractivity (Wildman–Crippen MR) is 83.1 cm³/mol. The van der Waals surface area contributed by atoms with E-state index in [0.717, 1.165) is 17.4 Å². The largest absolute Gasteiger partial charge is 0.381 e. The number of hydrogen-bond donors (Lipinski definition) is 1. The van der Waals surface area contributed by atoms with Crippen LogP contribution in [0.5, 0.6) is 0 Å². The highest BCUT2D eigenvalue weighted by atomic mass is 15.3. The first-order valence-corrected chi connectivity index (χ1v) is 7.76. The van der Waals surface area contributed by atoms with Crippen molar-refractivity contribution in [3.8, 4) is 11.4 Å². The Morgan fingerprint density at radius 2 is 2.19 bits per heavy atom. The number of benzene rings is 1. The zero-order chi connectivity index (χ0) is 14.2. The first kappa shape index (κ1) is 12.8. The van der Waals surface area contributed by atoms with Gasteiger partial charge in [-0.25, -0.2) is 0 Å². The van der Waals surface area contributed by atoms with Gasteiger partial charge in [0.05, 0.1) is 0 Å². The van der Waals surface area contributed by atoms with Crippen LogP contribution in [0, 0.1) is 0 Å². The van der Waals surface area contributed by atoms with Gasteiger partial charge < -0.3 is 9.88 Å². The number of aryl methyl sites for hydroxylation is 1. The van der Waals surface area contributed by atoms with Crippen molar-refractivity contribution in [1.29, 1.82) is 0 Å². The van der Waals surface area contributed by atoms with Crippen LogP contribution >= 0.6 is 0 Å². The quantitative estimate of drug-likeness (QED) is 0.937. The lowest BCUT2D eigenvalue weighted by atomic mass is 10.1. The molecule has 1 aromatic heterocycles. The van der Waals surface area contributed by atoms with Gasteiger partial charge in [0, 0.05) is 36.9 Å². The molecule has 2 unspecified atom stereocenters. The number of aromatic nitrogens is 3. The summed E-state index contributed by atoms with van der Waals surface area (Å²) in [6.07, 6.45) is 5.67. The number of rotatable bonds is 3. The normalized spacial score (nSPS) is 25.2. The Balaban J connectivity index is 1.55. The van der Waals surface area contributed by atoms with E-state index in [4.69, 9.17) is 0 Å². The Bertz CT molecular complexity index is 635. The van der Waals surface area contributed by atoms with Gasteiger partial charge in [-0.05, 0) is 37.9 Å². The fourth-order valence-corrected chi connectivity index (χ4v) is 3.76. The van der Waals surface area contributed by atoms with Gasteiger partial charge in [0.1, 0.15) is 6.33 Å². The summed E-state index contributed by atoms with van der Waals surface area (Å²) < 4.78 is 1.95. The van der Waals surface area contributed by atoms with E-state index in [1.165, 1.54) is 38.0 Å². The maximum atomic E-state index is 4.19. The van der Waals surface area contributed by atoms with Gasteiger partial charge in [-0.3, -0.25) is 4.90 Å². The summed E-state index contributed by atoms with van der Waals surface area (Å²) in [6.45, 7) is 2.52. The molecule has 2 atom stereocenters.